The molecule has 1 aromatic heterocycles. The van der Waals surface area contributed by atoms with Crippen LogP contribution < -0.4 is 29.1 Å². The molecule has 43 heavy (non-hydrogen) atoms. The second-order valence-electron chi connectivity index (χ2n) is 9.66. The Balaban J connectivity index is 1.97. The number of nitrogens with zero attached hydrogens (tertiary/aromatic N) is 2. The van der Waals surface area contributed by atoms with E-state index < -0.39 is 12.0 Å². The summed E-state index contributed by atoms with van der Waals surface area (Å²) in [5.74, 6) is 0.591. The highest BCUT2D eigenvalue weighted by Gasteiger charge is 2.36. The van der Waals surface area contributed by atoms with Crippen molar-refractivity contribution in [3.05, 3.63) is 90.6 Å². The first kappa shape index (κ1) is 31.6. The van der Waals surface area contributed by atoms with Gasteiger partial charge in [-0.1, -0.05) is 36.5 Å². The van der Waals surface area contributed by atoms with Crippen molar-refractivity contribution in [2.24, 2.45) is 4.99 Å². The number of hydrogen-bond acceptors (Lipinski definition) is 10. The van der Waals surface area contributed by atoms with Crippen LogP contribution in [0.1, 0.15) is 43.0 Å². The van der Waals surface area contributed by atoms with Crippen molar-refractivity contribution in [1.29, 1.82) is 0 Å². The number of hydrogen-bond donors (Lipinski definition) is 1. The Morgan fingerprint density at radius 2 is 1.91 bits per heavy atom. The zero-order valence-corrected chi connectivity index (χ0v) is 25.8. The molecule has 1 N–H and O–H groups in total. The van der Waals surface area contributed by atoms with Crippen LogP contribution >= 0.6 is 11.3 Å². The fourth-order valence-electron chi connectivity index (χ4n) is 4.83. The molecule has 1 aliphatic heterocycles. The van der Waals surface area contributed by atoms with E-state index in [1.54, 1.807) is 43.3 Å². The molecule has 3 aromatic rings. The lowest BCUT2D eigenvalue weighted by Gasteiger charge is -2.27. The average molecular weight is 609 g/mol. The molecular formula is C32H36N2O8S. The summed E-state index contributed by atoms with van der Waals surface area (Å²) in [6.07, 6.45) is 4.54. The number of rotatable bonds is 13. The SMILES string of the molecule is C=CCc1cc(/C=c2/sc3n(c2=O)[C@H](c2cccc(OC)c2OCCC)C(C(=O)OCCOC)=C(C)N=3)cc(OC)c1O. The van der Waals surface area contributed by atoms with Crippen LogP contribution in [0.4, 0.5) is 0 Å². The zero-order chi connectivity index (χ0) is 31.1. The Kier molecular flexibility index (Phi) is 10.4. The summed E-state index contributed by atoms with van der Waals surface area (Å²) < 4.78 is 29.6. The Labute approximate surface area is 253 Å². The molecule has 0 saturated carbocycles. The molecule has 0 bridgehead atoms. The average Bonchev–Trinajstić information content (AvgIpc) is 3.30. The third kappa shape index (κ3) is 6.52. The van der Waals surface area contributed by atoms with Gasteiger partial charge in [0.2, 0.25) is 0 Å². The van der Waals surface area contributed by atoms with E-state index in [4.69, 9.17) is 23.7 Å². The van der Waals surface area contributed by atoms with Crippen LogP contribution in [0.2, 0.25) is 0 Å². The van der Waals surface area contributed by atoms with Crippen LogP contribution in [-0.2, 0) is 20.7 Å². The lowest BCUT2D eigenvalue weighted by atomic mass is 9.94. The van der Waals surface area contributed by atoms with Crippen molar-refractivity contribution in [3.63, 3.8) is 0 Å². The van der Waals surface area contributed by atoms with Gasteiger partial charge >= 0.3 is 5.97 Å². The van der Waals surface area contributed by atoms with E-state index in [9.17, 15) is 14.7 Å². The van der Waals surface area contributed by atoms with Crippen molar-refractivity contribution >= 4 is 23.4 Å². The van der Waals surface area contributed by atoms with E-state index in [1.165, 1.54) is 37.2 Å². The number of aromatic hydroxyl groups is 1. The third-order valence-corrected chi connectivity index (χ3v) is 7.78. The lowest BCUT2D eigenvalue weighted by Crippen LogP contribution is -2.40. The van der Waals surface area contributed by atoms with Crippen LogP contribution in [0.15, 0.2) is 64.0 Å². The summed E-state index contributed by atoms with van der Waals surface area (Å²) in [7, 11) is 4.52. The van der Waals surface area contributed by atoms with Crippen molar-refractivity contribution in [2.75, 3.05) is 41.2 Å². The minimum atomic E-state index is -0.902. The largest absolute Gasteiger partial charge is 0.504 e. The quantitative estimate of drug-likeness (QED) is 0.178. The predicted molar refractivity (Wildman–Crippen MR) is 164 cm³/mol. The topological polar surface area (TPSA) is 118 Å². The number of phenolic OH excluding ortho intramolecular Hbond substituents is 1. The minimum absolute atomic E-state index is 0.0193. The maximum absolute atomic E-state index is 14.2. The van der Waals surface area contributed by atoms with E-state index in [2.05, 4.69) is 11.6 Å². The van der Waals surface area contributed by atoms with Crippen LogP contribution in [0, 0.1) is 0 Å². The third-order valence-electron chi connectivity index (χ3n) is 6.79. The first-order valence-electron chi connectivity index (χ1n) is 13.8. The first-order valence-corrected chi connectivity index (χ1v) is 14.6. The molecule has 0 saturated heterocycles. The summed E-state index contributed by atoms with van der Waals surface area (Å²) in [5.41, 5.74) is 2.10. The van der Waals surface area contributed by atoms with E-state index in [1.807, 2.05) is 13.0 Å². The number of thiazole rings is 1. The molecule has 0 radical (unpaired) electrons. The summed E-state index contributed by atoms with van der Waals surface area (Å²) in [6, 6.07) is 7.89. The number of fused-ring (bicyclic) bond motifs is 1. The van der Waals surface area contributed by atoms with Crippen molar-refractivity contribution < 1.29 is 33.6 Å². The van der Waals surface area contributed by atoms with E-state index in [-0.39, 0.29) is 35.8 Å². The van der Waals surface area contributed by atoms with Gasteiger partial charge in [0.05, 0.1) is 43.2 Å². The van der Waals surface area contributed by atoms with Gasteiger partial charge < -0.3 is 28.8 Å². The fourth-order valence-corrected chi connectivity index (χ4v) is 5.88. The standard InChI is InChI=1S/C32H36N2O8S/c1-7-10-21-16-20(17-24(40-6)28(21)35)18-25-30(36)34-27(22-11-9-12-23(39-5)29(22)41-13-8-2)26(19(3)33-32(34)43-25)31(37)42-15-14-38-4/h7,9,11-12,16-18,27,35H,1,8,10,13-15H2,2-6H3/b25-18+/t27-/m1/s1. The van der Waals surface area contributed by atoms with Gasteiger partial charge in [0.1, 0.15) is 12.6 Å². The van der Waals surface area contributed by atoms with Gasteiger partial charge in [-0.25, -0.2) is 9.79 Å². The number of aromatic nitrogens is 1. The molecule has 228 valence electrons. The number of ether oxygens (including phenoxy) is 5. The normalized spacial score (nSPS) is 14.6. The molecule has 0 aliphatic carbocycles. The number of methoxy groups -OCH3 is 3. The molecule has 1 atom stereocenters. The van der Waals surface area contributed by atoms with Gasteiger partial charge in [-0.15, -0.1) is 6.58 Å². The molecule has 2 heterocycles. The monoisotopic (exact) mass is 608 g/mol. The number of carbonyl (C=O) groups excluding carboxylic acids is 1. The fraction of sp³-hybridized carbons (Fsp3) is 0.344. The van der Waals surface area contributed by atoms with Gasteiger partial charge in [0.25, 0.3) is 5.56 Å². The van der Waals surface area contributed by atoms with Crippen molar-refractivity contribution in [1.82, 2.24) is 4.57 Å². The zero-order valence-electron chi connectivity index (χ0n) is 25.0. The number of esters is 1. The lowest BCUT2D eigenvalue weighted by molar-refractivity contribution is -0.140. The maximum atomic E-state index is 14.2. The summed E-state index contributed by atoms with van der Waals surface area (Å²) in [4.78, 5) is 32.8. The second kappa shape index (κ2) is 14.2. The van der Waals surface area contributed by atoms with Gasteiger partial charge in [-0.3, -0.25) is 9.36 Å². The molecule has 2 aromatic carbocycles. The molecule has 11 heteroatoms. The van der Waals surface area contributed by atoms with Crippen LogP contribution in [-0.4, -0.2) is 56.8 Å². The minimum Gasteiger partial charge on any atom is -0.504 e. The molecule has 4 rings (SSSR count). The number of allylic oxidation sites excluding steroid dienone is 2. The van der Waals surface area contributed by atoms with Gasteiger partial charge in [-0.05, 0) is 49.6 Å². The molecule has 0 spiro atoms. The molecule has 0 fully saturated rings. The molecule has 10 nitrogen and oxygen atoms in total. The first-order chi connectivity index (χ1) is 20.8. The Morgan fingerprint density at radius 3 is 2.58 bits per heavy atom. The number of benzene rings is 2. The van der Waals surface area contributed by atoms with E-state index in [0.29, 0.717) is 56.2 Å². The van der Waals surface area contributed by atoms with E-state index >= 15 is 0 Å². The Morgan fingerprint density at radius 1 is 1.14 bits per heavy atom. The van der Waals surface area contributed by atoms with Crippen molar-refractivity contribution in [3.8, 4) is 23.0 Å². The van der Waals surface area contributed by atoms with Crippen LogP contribution in [0.3, 0.4) is 0 Å². The van der Waals surface area contributed by atoms with Gasteiger partial charge in [0.15, 0.2) is 27.8 Å². The summed E-state index contributed by atoms with van der Waals surface area (Å²) in [5, 5.41) is 10.5. The second-order valence-corrected chi connectivity index (χ2v) is 10.7. The highest BCUT2D eigenvalue weighted by molar-refractivity contribution is 7.07. The Hall–Kier alpha value is -4.35. The smallest absolute Gasteiger partial charge is 0.338 e. The van der Waals surface area contributed by atoms with E-state index in [0.717, 1.165) is 6.42 Å². The van der Waals surface area contributed by atoms with Crippen LogP contribution in [0.25, 0.3) is 6.08 Å². The Bertz CT molecular complexity index is 1720. The van der Waals surface area contributed by atoms with Gasteiger partial charge in [-0.2, -0.15) is 0 Å². The number of phenols is 1. The maximum Gasteiger partial charge on any atom is 0.338 e. The molecule has 1 aliphatic rings. The highest BCUT2D eigenvalue weighted by atomic mass is 32.1. The molecular weight excluding hydrogens is 572 g/mol. The van der Waals surface area contributed by atoms with Gasteiger partial charge in [0, 0.05) is 18.2 Å². The predicted octanol–water partition coefficient (Wildman–Crippen LogP) is 3.66. The van der Waals surface area contributed by atoms with Crippen molar-refractivity contribution in [2.45, 2.75) is 32.7 Å². The number of carbonyl (C=O) groups is 1. The summed E-state index contributed by atoms with van der Waals surface area (Å²) >= 11 is 1.19. The molecule has 0 amide bonds. The number of para-hydroxylation sites is 1. The summed E-state index contributed by atoms with van der Waals surface area (Å²) in [6.45, 7) is 8.12. The molecule has 0 unspecified atom stereocenters. The highest BCUT2D eigenvalue weighted by Crippen LogP contribution is 2.41. The van der Waals surface area contributed by atoms with Crippen LogP contribution in [0.5, 0.6) is 23.0 Å².